The van der Waals surface area contributed by atoms with Gasteiger partial charge in [-0.25, -0.2) is 9.36 Å². The molecule has 0 radical (unpaired) electrons. The first-order chi connectivity index (χ1) is 13.9. The summed E-state index contributed by atoms with van der Waals surface area (Å²) >= 11 is 0. The summed E-state index contributed by atoms with van der Waals surface area (Å²) in [5, 5.41) is 9.62. The minimum Gasteiger partial charge on any atom is -0.394 e. The minimum atomic E-state index is -0.859. The van der Waals surface area contributed by atoms with Gasteiger partial charge in [-0.05, 0) is 19.4 Å². The molecule has 1 aromatic heterocycles. The Balaban J connectivity index is 1.56. The molecule has 0 spiro atoms. The molecule has 0 unspecified atom stereocenters. The summed E-state index contributed by atoms with van der Waals surface area (Å²) in [5.41, 5.74) is -0.124. The maximum absolute atomic E-state index is 13.0. The Morgan fingerprint density at radius 2 is 1.83 bits per heavy atom. The average Bonchev–Trinajstić information content (AvgIpc) is 3.18. The van der Waals surface area contributed by atoms with Crippen molar-refractivity contribution in [1.29, 1.82) is 0 Å². The molecule has 9 heteroatoms. The zero-order valence-corrected chi connectivity index (χ0v) is 16.3. The van der Waals surface area contributed by atoms with Gasteiger partial charge in [0.2, 0.25) is 0 Å². The second kappa shape index (κ2) is 7.85. The van der Waals surface area contributed by atoms with Gasteiger partial charge in [0, 0.05) is 12.3 Å². The van der Waals surface area contributed by atoms with Crippen LogP contribution in [0.5, 0.6) is 0 Å². The van der Waals surface area contributed by atoms with E-state index in [4.69, 9.17) is 18.9 Å². The van der Waals surface area contributed by atoms with E-state index in [2.05, 4.69) is 0 Å². The van der Waals surface area contributed by atoms with Crippen LogP contribution in [0.2, 0.25) is 0 Å². The standard InChI is InChI=1S/C20H24N2O7/c1-20(2)28-16-14(10-23)27-18(17(16)29-20)21-9-8-15(24)22(19(21)25)12-26-11-13-6-4-3-5-7-13/h3-9,14,16-18,23H,10-12H2,1-2H3/t14-,16+,17+,18-/m1/s1. The summed E-state index contributed by atoms with van der Waals surface area (Å²) in [6.07, 6.45) is -1.19. The fraction of sp³-hybridized carbons (Fsp3) is 0.500. The molecule has 2 aliphatic heterocycles. The largest absolute Gasteiger partial charge is 0.394 e. The summed E-state index contributed by atoms with van der Waals surface area (Å²) < 4.78 is 25.4. The number of aliphatic hydroxyl groups is 1. The topological polar surface area (TPSA) is 101 Å². The molecule has 9 nitrogen and oxygen atoms in total. The Bertz CT molecular complexity index is 969. The van der Waals surface area contributed by atoms with Crippen molar-refractivity contribution in [2.75, 3.05) is 6.61 Å². The molecule has 4 atom stereocenters. The van der Waals surface area contributed by atoms with E-state index in [1.165, 1.54) is 16.8 Å². The van der Waals surface area contributed by atoms with Crippen molar-refractivity contribution in [3.8, 4) is 0 Å². The first-order valence-corrected chi connectivity index (χ1v) is 9.45. The molecule has 1 aromatic carbocycles. The van der Waals surface area contributed by atoms with Crippen molar-refractivity contribution in [3.05, 3.63) is 69.0 Å². The van der Waals surface area contributed by atoms with Gasteiger partial charge < -0.3 is 24.1 Å². The van der Waals surface area contributed by atoms with Crippen LogP contribution in [0.25, 0.3) is 0 Å². The average molecular weight is 404 g/mol. The number of aromatic nitrogens is 2. The van der Waals surface area contributed by atoms with E-state index in [1.807, 2.05) is 30.3 Å². The van der Waals surface area contributed by atoms with E-state index in [1.54, 1.807) is 13.8 Å². The van der Waals surface area contributed by atoms with Gasteiger partial charge in [-0.1, -0.05) is 30.3 Å². The molecule has 2 saturated heterocycles. The third kappa shape index (κ3) is 3.92. The Hall–Kier alpha value is -2.30. The van der Waals surface area contributed by atoms with E-state index >= 15 is 0 Å². The normalized spacial score (nSPS) is 27.8. The van der Waals surface area contributed by atoms with Crippen LogP contribution >= 0.6 is 0 Å². The highest BCUT2D eigenvalue weighted by atomic mass is 16.8. The second-order valence-electron chi connectivity index (χ2n) is 7.55. The van der Waals surface area contributed by atoms with Gasteiger partial charge in [0.1, 0.15) is 25.0 Å². The number of fused-ring (bicyclic) bond motifs is 1. The molecule has 3 heterocycles. The van der Waals surface area contributed by atoms with Gasteiger partial charge in [-0.2, -0.15) is 0 Å². The van der Waals surface area contributed by atoms with Gasteiger partial charge in [-0.15, -0.1) is 0 Å². The Morgan fingerprint density at radius 3 is 2.55 bits per heavy atom. The van der Waals surface area contributed by atoms with Crippen LogP contribution in [0.3, 0.4) is 0 Å². The van der Waals surface area contributed by atoms with Crippen LogP contribution in [-0.2, 0) is 32.3 Å². The maximum atomic E-state index is 13.0. The molecule has 0 saturated carbocycles. The minimum absolute atomic E-state index is 0.194. The van der Waals surface area contributed by atoms with Crippen molar-refractivity contribution in [3.63, 3.8) is 0 Å². The van der Waals surface area contributed by atoms with Gasteiger partial charge >= 0.3 is 5.69 Å². The lowest BCUT2D eigenvalue weighted by molar-refractivity contribution is -0.200. The number of ether oxygens (including phenoxy) is 4. The van der Waals surface area contributed by atoms with Crippen molar-refractivity contribution in [2.45, 2.75) is 57.5 Å². The Kier molecular flexibility index (Phi) is 5.41. The highest BCUT2D eigenvalue weighted by Gasteiger charge is 2.55. The Labute approximate surface area is 167 Å². The van der Waals surface area contributed by atoms with E-state index in [0.29, 0.717) is 0 Å². The quantitative estimate of drug-likeness (QED) is 0.752. The van der Waals surface area contributed by atoms with Gasteiger partial charge in [0.25, 0.3) is 5.56 Å². The molecule has 2 aliphatic rings. The lowest BCUT2D eigenvalue weighted by atomic mass is 10.1. The number of rotatable bonds is 6. The van der Waals surface area contributed by atoms with Crippen molar-refractivity contribution in [1.82, 2.24) is 9.13 Å². The van der Waals surface area contributed by atoms with Crippen molar-refractivity contribution >= 4 is 0 Å². The van der Waals surface area contributed by atoms with Crippen LogP contribution < -0.4 is 11.2 Å². The molecule has 4 rings (SSSR count). The number of nitrogens with zero attached hydrogens (tertiary/aromatic N) is 2. The van der Waals surface area contributed by atoms with Gasteiger partial charge in [0.05, 0.1) is 13.2 Å². The van der Waals surface area contributed by atoms with E-state index in [0.717, 1.165) is 10.1 Å². The molecule has 0 aliphatic carbocycles. The van der Waals surface area contributed by atoms with E-state index in [-0.39, 0.29) is 19.9 Å². The molecule has 29 heavy (non-hydrogen) atoms. The fourth-order valence-electron chi connectivity index (χ4n) is 3.70. The van der Waals surface area contributed by atoms with Crippen molar-refractivity contribution in [2.24, 2.45) is 0 Å². The highest BCUT2D eigenvalue weighted by Crippen LogP contribution is 2.42. The van der Waals surface area contributed by atoms with Crippen molar-refractivity contribution < 1.29 is 24.1 Å². The summed E-state index contributed by atoms with van der Waals surface area (Å²) in [6.45, 7) is 3.33. The van der Waals surface area contributed by atoms with Gasteiger partial charge in [-0.3, -0.25) is 9.36 Å². The maximum Gasteiger partial charge on any atom is 0.335 e. The number of aliphatic hydroxyl groups excluding tert-OH is 1. The predicted octanol–water partition coefficient (Wildman–Crippen LogP) is 0.594. The SMILES string of the molecule is CC1(C)O[C@@H]2[C@H](O1)[C@H](n1ccc(=O)n(COCc3ccccc3)c1=O)O[C@@H]2CO. The fourth-order valence-corrected chi connectivity index (χ4v) is 3.70. The summed E-state index contributed by atoms with van der Waals surface area (Å²) in [5.74, 6) is -0.859. The van der Waals surface area contributed by atoms with Gasteiger partial charge in [0.15, 0.2) is 12.0 Å². The smallest absolute Gasteiger partial charge is 0.335 e. The first kappa shape index (κ1) is 20.0. The lowest BCUT2D eigenvalue weighted by Gasteiger charge is -2.24. The highest BCUT2D eigenvalue weighted by molar-refractivity contribution is 5.13. The van der Waals surface area contributed by atoms with E-state index in [9.17, 15) is 14.7 Å². The molecule has 2 aromatic rings. The Morgan fingerprint density at radius 1 is 1.10 bits per heavy atom. The zero-order chi connectivity index (χ0) is 20.6. The van der Waals surface area contributed by atoms with Crippen LogP contribution in [0, 0.1) is 0 Å². The first-order valence-electron chi connectivity index (χ1n) is 9.45. The number of benzene rings is 1. The molecule has 2 fully saturated rings. The molecule has 0 bridgehead atoms. The third-order valence-electron chi connectivity index (χ3n) is 5.01. The molecule has 156 valence electrons. The lowest BCUT2D eigenvalue weighted by Crippen LogP contribution is -2.43. The van der Waals surface area contributed by atoms with E-state index < -0.39 is 41.6 Å². The van der Waals surface area contributed by atoms with Crippen LogP contribution in [-0.4, -0.2) is 44.9 Å². The summed E-state index contributed by atoms with van der Waals surface area (Å²) in [6, 6.07) is 10.7. The molecular formula is C20H24N2O7. The number of hydrogen-bond donors (Lipinski definition) is 1. The summed E-state index contributed by atoms with van der Waals surface area (Å²) in [7, 11) is 0. The third-order valence-corrected chi connectivity index (χ3v) is 5.01. The molecule has 1 N–H and O–H groups in total. The molecule has 0 amide bonds. The monoisotopic (exact) mass is 404 g/mol. The molecular weight excluding hydrogens is 380 g/mol. The number of hydrogen-bond acceptors (Lipinski definition) is 7. The zero-order valence-electron chi connectivity index (χ0n) is 16.3. The summed E-state index contributed by atoms with van der Waals surface area (Å²) in [4.78, 5) is 25.2. The van der Waals surface area contributed by atoms with Crippen LogP contribution in [0.15, 0.2) is 52.2 Å². The predicted molar refractivity (Wildman–Crippen MR) is 101 cm³/mol. The second-order valence-corrected chi connectivity index (χ2v) is 7.55. The van der Waals surface area contributed by atoms with Crippen LogP contribution in [0.1, 0.15) is 25.6 Å². The van der Waals surface area contributed by atoms with Crippen LogP contribution in [0.4, 0.5) is 0 Å².